The fourth-order valence-corrected chi connectivity index (χ4v) is 8.54. The van der Waals surface area contributed by atoms with Crippen molar-refractivity contribution in [3.05, 3.63) is 148 Å². The van der Waals surface area contributed by atoms with Crippen LogP contribution in [-0.2, 0) is 42.6 Å². The Morgan fingerprint density at radius 3 is 2.45 bits per heavy atom. The maximum Gasteiger partial charge on any atom is 0.264 e. The zero-order valence-corrected chi connectivity index (χ0v) is 32.6. The summed E-state index contributed by atoms with van der Waals surface area (Å²) < 4.78 is 16.3. The number of phenolic OH excluding ortho intramolecular Hbond substituents is 1. The molecule has 2 aromatic heterocycles. The van der Waals surface area contributed by atoms with Crippen LogP contribution in [-0.4, -0.2) is 74.7 Å². The summed E-state index contributed by atoms with van der Waals surface area (Å²) in [5.41, 5.74) is 7.40. The van der Waals surface area contributed by atoms with E-state index < -0.39 is 6.10 Å². The number of benzene rings is 4. The highest BCUT2D eigenvalue weighted by Gasteiger charge is 2.35. The SMILES string of the molecule is Cl.Cn1ccc2cc(N(C(=O)c3ccn4c3COC(c3cc(Cl)ccc3C(=O)N3Cc5ccccc5C[C@H]3CN3CCOCC3)C4)c3ccc(O)cc3)ccc21. The predicted molar refractivity (Wildman–Crippen MR) is 219 cm³/mol. The van der Waals surface area contributed by atoms with Crippen molar-refractivity contribution in [2.75, 3.05) is 37.7 Å². The molecule has 1 N–H and O–H groups in total. The van der Waals surface area contributed by atoms with Gasteiger partial charge in [0.1, 0.15) is 11.9 Å². The molecule has 0 bridgehead atoms. The van der Waals surface area contributed by atoms with Crippen LogP contribution in [0.3, 0.4) is 0 Å². The second kappa shape index (κ2) is 15.8. The van der Waals surface area contributed by atoms with Crippen molar-refractivity contribution in [2.45, 2.75) is 38.3 Å². The van der Waals surface area contributed by atoms with Gasteiger partial charge in [-0.15, -0.1) is 12.4 Å². The van der Waals surface area contributed by atoms with Gasteiger partial charge in [-0.1, -0.05) is 35.9 Å². The average Bonchev–Trinajstić information content (AvgIpc) is 3.81. The lowest BCUT2D eigenvalue weighted by Gasteiger charge is -2.41. The van der Waals surface area contributed by atoms with Gasteiger partial charge in [0.2, 0.25) is 0 Å². The number of phenols is 1. The first-order valence-electron chi connectivity index (χ1n) is 18.8. The van der Waals surface area contributed by atoms with Crippen LogP contribution in [0, 0.1) is 0 Å². The van der Waals surface area contributed by atoms with Gasteiger partial charge in [0, 0.05) is 84.5 Å². The summed E-state index contributed by atoms with van der Waals surface area (Å²) in [7, 11) is 1.99. The number of carbonyl (C=O) groups excluding carboxylic acids is 2. The first-order valence-corrected chi connectivity index (χ1v) is 19.1. The molecule has 56 heavy (non-hydrogen) atoms. The highest BCUT2D eigenvalue weighted by Crippen LogP contribution is 2.37. The normalized spacial score (nSPS) is 18.2. The van der Waals surface area contributed by atoms with E-state index in [0.717, 1.165) is 53.8 Å². The molecule has 288 valence electrons. The topological polar surface area (TPSA) is 92.4 Å². The lowest BCUT2D eigenvalue weighted by Crippen LogP contribution is -2.52. The third-order valence-electron chi connectivity index (χ3n) is 11.3. The molecule has 1 saturated heterocycles. The highest BCUT2D eigenvalue weighted by molar-refractivity contribution is 6.30. The van der Waals surface area contributed by atoms with Crippen LogP contribution in [0.5, 0.6) is 5.75 Å². The van der Waals surface area contributed by atoms with Gasteiger partial charge in [-0.25, -0.2) is 0 Å². The summed E-state index contributed by atoms with van der Waals surface area (Å²) in [6.07, 6.45) is 4.22. The first kappa shape index (κ1) is 37.8. The number of ether oxygens (including phenoxy) is 2. The van der Waals surface area contributed by atoms with E-state index in [-0.39, 0.29) is 42.6 Å². The predicted octanol–water partition coefficient (Wildman–Crippen LogP) is 7.91. The van der Waals surface area contributed by atoms with Crippen LogP contribution in [0.15, 0.2) is 109 Å². The third kappa shape index (κ3) is 7.19. The molecule has 4 aromatic carbocycles. The quantitative estimate of drug-likeness (QED) is 0.177. The molecule has 10 nitrogen and oxygen atoms in total. The van der Waals surface area contributed by atoms with Crippen molar-refractivity contribution in [3.63, 3.8) is 0 Å². The molecular weight excluding hydrogens is 749 g/mol. The monoisotopic (exact) mass is 791 g/mol. The molecule has 2 amide bonds. The minimum atomic E-state index is -0.469. The molecule has 0 radical (unpaired) electrons. The number of hydrogen-bond acceptors (Lipinski definition) is 6. The summed E-state index contributed by atoms with van der Waals surface area (Å²) in [6, 6.07) is 30.3. The van der Waals surface area contributed by atoms with Gasteiger partial charge >= 0.3 is 0 Å². The number of hydrogen-bond donors (Lipinski definition) is 1. The van der Waals surface area contributed by atoms with Crippen LogP contribution in [0.1, 0.15) is 49.2 Å². The summed E-state index contributed by atoms with van der Waals surface area (Å²) in [6.45, 7) is 4.96. The molecule has 12 heteroatoms. The van der Waals surface area contributed by atoms with Crippen molar-refractivity contribution in [3.8, 4) is 5.75 Å². The van der Waals surface area contributed by atoms with Crippen LogP contribution in [0.4, 0.5) is 11.4 Å². The second-order valence-corrected chi connectivity index (χ2v) is 15.1. The molecule has 0 aliphatic carbocycles. The molecule has 1 fully saturated rings. The number of rotatable bonds is 7. The molecule has 2 atom stereocenters. The van der Waals surface area contributed by atoms with Crippen LogP contribution < -0.4 is 4.90 Å². The second-order valence-electron chi connectivity index (χ2n) is 14.7. The Morgan fingerprint density at radius 1 is 0.875 bits per heavy atom. The number of aryl methyl sites for hydroxylation is 1. The maximum atomic E-state index is 14.7. The Kier molecular flexibility index (Phi) is 10.7. The number of aromatic nitrogens is 2. The number of aromatic hydroxyl groups is 1. The van der Waals surface area contributed by atoms with Gasteiger partial charge in [-0.3, -0.25) is 19.4 Å². The van der Waals surface area contributed by atoms with Crippen molar-refractivity contribution in [1.82, 2.24) is 18.9 Å². The summed E-state index contributed by atoms with van der Waals surface area (Å²) in [5.74, 6) is -0.142. The largest absolute Gasteiger partial charge is 0.508 e. The van der Waals surface area contributed by atoms with Crippen molar-refractivity contribution >= 4 is 58.1 Å². The first-order chi connectivity index (χ1) is 26.8. The number of amides is 2. The Morgan fingerprint density at radius 2 is 1.64 bits per heavy atom. The number of fused-ring (bicyclic) bond motifs is 3. The average molecular weight is 793 g/mol. The number of anilines is 2. The Labute approximate surface area is 336 Å². The fraction of sp³-hybridized carbons (Fsp3) is 0.273. The molecule has 0 saturated carbocycles. The smallest absolute Gasteiger partial charge is 0.264 e. The van der Waals surface area contributed by atoms with Crippen molar-refractivity contribution < 1.29 is 24.2 Å². The van der Waals surface area contributed by atoms with E-state index in [9.17, 15) is 14.7 Å². The van der Waals surface area contributed by atoms with Crippen molar-refractivity contribution in [1.29, 1.82) is 0 Å². The molecule has 9 rings (SSSR count). The number of morpholine rings is 1. The minimum absolute atomic E-state index is 0. The molecule has 1 unspecified atom stereocenters. The molecule has 3 aliphatic rings. The van der Waals surface area contributed by atoms with Crippen molar-refractivity contribution in [2.24, 2.45) is 7.05 Å². The summed E-state index contributed by atoms with van der Waals surface area (Å²) >= 11 is 6.62. The van der Waals surface area contributed by atoms with E-state index in [2.05, 4.69) is 23.1 Å². The fourth-order valence-electron chi connectivity index (χ4n) is 8.36. The number of carbonyl (C=O) groups is 2. The van der Waals surface area contributed by atoms with E-state index in [4.69, 9.17) is 21.1 Å². The van der Waals surface area contributed by atoms with Gasteiger partial charge in [0.25, 0.3) is 11.8 Å². The van der Waals surface area contributed by atoms with E-state index in [1.54, 1.807) is 35.2 Å². The van der Waals surface area contributed by atoms with Gasteiger partial charge < -0.3 is 28.6 Å². The number of halogens is 2. The zero-order chi connectivity index (χ0) is 37.6. The van der Waals surface area contributed by atoms with Gasteiger partial charge in [-0.2, -0.15) is 0 Å². The van der Waals surface area contributed by atoms with Crippen LogP contribution in [0.25, 0.3) is 10.9 Å². The minimum Gasteiger partial charge on any atom is -0.508 e. The Hall–Kier alpha value is -5.10. The van der Waals surface area contributed by atoms with E-state index in [1.807, 2.05) is 82.0 Å². The molecule has 6 aromatic rings. The van der Waals surface area contributed by atoms with E-state index in [0.29, 0.717) is 53.8 Å². The van der Waals surface area contributed by atoms with E-state index in [1.165, 1.54) is 5.56 Å². The van der Waals surface area contributed by atoms with E-state index >= 15 is 0 Å². The Bertz CT molecular complexity index is 2400. The molecule has 0 spiro atoms. The van der Waals surface area contributed by atoms with Crippen LogP contribution in [0.2, 0.25) is 5.02 Å². The van der Waals surface area contributed by atoms with Crippen LogP contribution >= 0.6 is 24.0 Å². The summed E-state index contributed by atoms with van der Waals surface area (Å²) in [5, 5.41) is 11.6. The molecule has 3 aliphatic heterocycles. The molecular formula is C44H43Cl2N5O5. The number of nitrogens with zero attached hydrogens (tertiary/aromatic N) is 5. The molecule has 5 heterocycles. The lowest BCUT2D eigenvalue weighted by atomic mass is 9.91. The summed E-state index contributed by atoms with van der Waals surface area (Å²) in [4.78, 5) is 35.4. The highest BCUT2D eigenvalue weighted by atomic mass is 35.5. The van der Waals surface area contributed by atoms with Gasteiger partial charge in [0.15, 0.2) is 0 Å². The zero-order valence-electron chi connectivity index (χ0n) is 31.0. The maximum absolute atomic E-state index is 14.7. The Balaban J connectivity index is 0.00000441. The third-order valence-corrected chi connectivity index (χ3v) is 11.5. The standard InChI is InChI=1S/C44H42ClN5O5.ClH/c1-46-16-14-30-23-34(9-13-40(30)46)50(33-7-10-36(51)11-8-33)44(53)38-15-17-48-27-42(55-28-41(38)48)39-24-32(45)6-12-37(39)43(52)49-25-31-5-3-2-4-29(31)22-35(49)26-47-18-20-54-21-19-47;/h2-17,23-24,35,42,51H,18-22,25-28H2,1H3;1H/t35-,42?;/m0./s1. The van der Waals surface area contributed by atoms with Gasteiger partial charge in [-0.05, 0) is 95.9 Å². The van der Waals surface area contributed by atoms with Gasteiger partial charge in [0.05, 0.1) is 37.6 Å². The lowest BCUT2D eigenvalue weighted by molar-refractivity contribution is 0.00136.